The largest absolute Gasteiger partial charge is 0.343 e. The Balaban J connectivity index is 2.85. The second-order valence-electron chi connectivity index (χ2n) is 2.30. The summed E-state index contributed by atoms with van der Waals surface area (Å²) in [4.78, 5) is 10.2. The summed E-state index contributed by atoms with van der Waals surface area (Å²) in [5.41, 5.74) is 0. The highest BCUT2D eigenvalue weighted by Crippen LogP contribution is 1.99. The Bertz CT molecular complexity index is 109. The van der Waals surface area contributed by atoms with Crippen LogP contribution in [0.1, 0.15) is 25.7 Å². The minimum atomic E-state index is -0.470. The lowest BCUT2D eigenvalue weighted by Crippen LogP contribution is -2.17. The molecule has 1 N–H and O–H groups in total. The van der Waals surface area contributed by atoms with Crippen molar-refractivity contribution in [1.29, 1.82) is 0 Å². The zero-order chi connectivity index (χ0) is 8.53. The molecule has 0 spiro atoms. The van der Waals surface area contributed by atoms with Crippen LogP contribution in [0, 0.1) is 0 Å². The molecule has 0 unspecified atom stereocenters. The van der Waals surface area contributed by atoms with Crippen LogP contribution < -0.4 is 5.32 Å². The fraction of sp³-hybridized carbons (Fsp3) is 0.857. The van der Waals surface area contributed by atoms with E-state index in [0.29, 0.717) is 6.54 Å². The predicted molar refractivity (Wildman–Crippen MR) is 48.4 cm³/mol. The van der Waals surface area contributed by atoms with Crippen LogP contribution >= 0.6 is 23.2 Å². The van der Waals surface area contributed by atoms with Crippen molar-refractivity contribution in [2.45, 2.75) is 25.7 Å². The Morgan fingerprint density at radius 2 is 1.82 bits per heavy atom. The third-order valence-electron chi connectivity index (χ3n) is 1.32. The standard InChI is InChI=1S/C7H13Cl2NO/c8-5-3-1-2-4-6-10-7(9)11/h1-6H2,(H,10,11). The second kappa shape index (κ2) is 8.15. The number of amides is 1. The molecule has 66 valence electrons. The molecular formula is C7H13Cl2NO. The Kier molecular flexibility index (Phi) is 8.19. The zero-order valence-corrected chi connectivity index (χ0v) is 7.92. The summed E-state index contributed by atoms with van der Waals surface area (Å²) in [5, 5.41) is 2.05. The number of unbranched alkanes of at least 4 members (excludes halogenated alkanes) is 3. The van der Waals surface area contributed by atoms with Crippen LogP contribution in [0.2, 0.25) is 0 Å². The van der Waals surface area contributed by atoms with Crippen molar-refractivity contribution >= 4 is 28.6 Å². The van der Waals surface area contributed by atoms with Gasteiger partial charge in [-0.15, -0.1) is 11.6 Å². The van der Waals surface area contributed by atoms with Crippen LogP contribution in [-0.4, -0.2) is 17.8 Å². The van der Waals surface area contributed by atoms with E-state index in [0.717, 1.165) is 31.6 Å². The topological polar surface area (TPSA) is 29.1 Å². The first-order chi connectivity index (χ1) is 5.27. The normalized spacial score (nSPS) is 9.64. The molecule has 0 fully saturated rings. The highest BCUT2D eigenvalue weighted by molar-refractivity contribution is 6.62. The zero-order valence-electron chi connectivity index (χ0n) is 6.41. The van der Waals surface area contributed by atoms with Gasteiger partial charge in [0.05, 0.1) is 0 Å². The van der Waals surface area contributed by atoms with Crippen LogP contribution in [0.5, 0.6) is 0 Å². The first-order valence-corrected chi connectivity index (χ1v) is 4.68. The van der Waals surface area contributed by atoms with Gasteiger partial charge in [-0.25, -0.2) is 0 Å². The van der Waals surface area contributed by atoms with Crippen LogP contribution in [0.4, 0.5) is 4.79 Å². The van der Waals surface area contributed by atoms with E-state index in [4.69, 9.17) is 23.2 Å². The van der Waals surface area contributed by atoms with Gasteiger partial charge in [-0.2, -0.15) is 0 Å². The van der Waals surface area contributed by atoms with Gasteiger partial charge in [0.2, 0.25) is 0 Å². The quantitative estimate of drug-likeness (QED) is 0.302. The number of alkyl halides is 1. The number of hydrogen-bond donors (Lipinski definition) is 1. The summed E-state index contributed by atoms with van der Waals surface area (Å²) < 4.78 is 0. The minimum absolute atomic E-state index is 0.470. The summed E-state index contributed by atoms with van der Waals surface area (Å²) in [6, 6.07) is 0. The van der Waals surface area contributed by atoms with E-state index in [-0.39, 0.29) is 0 Å². The molecule has 0 saturated heterocycles. The van der Waals surface area contributed by atoms with E-state index in [2.05, 4.69) is 5.32 Å². The van der Waals surface area contributed by atoms with Gasteiger partial charge in [-0.3, -0.25) is 4.79 Å². The number of rotatable bonds is 6. The first-order valence-electron chi connectivity index (χ1n) is 3.76. The van der Waals surface area contributed by atoms with Crippen LogP contribution in [-0.2, 0) is 0 Å². The first kappa shape index (κ1) is 11.1. The highest BCUT2D eigenvalue weighted by atomic mass is 35.5. The van der Waals surface area contributed by atoms with E-state index < -0.39 is 5.37 Å². The van der Waals surface area contributed by atoms with Crippen molar-refractivity contribution in [3.8, 4) is 0 Å². The van der Waals surface area contributed by atoms with Crippen molar-refractivity contribution in [2.75, 3.05) is 12.4 Å². The van der Waals surface area contributed by atoms with Gasteiger partial charge in [0.25, 0.3) is 0 Å². The Morgan fingerprint density at radius 1 is 1.18 bits per heavy atom. The fourth-order valence-corrected chi connectivity index (χ4v) is 1.04. The van der Waals surface area contributed by atoms with Gasteiger partial charge < -0.3 is 5.32 Å². The van der Waals surface area contributed by atoms with E-state index in [1.807, 2.05) is 0 Å². The van der Waals surface area contributed by atoms with Gasteiger partial charge in [-0.1, -0.05) is 12.8 Å². The number of carbonyl (C=O) groups excluding carboxylic acids is 1. The third-order valence-corrected chi connectivity index (χ3v) is 1.73. The van der Waals surface area contributed by atoms with E-state index >= 15 is 0 Å². The molecule has 0 aromatic heterocycles. The lowest BCUT2D eigenvalue weighted by atomic mass is 10.2. The van der Waals surface area contributed by atoms with E-state index in [1.165, 1.54) is 0 Å². The van der Waals surface area contributed by atoms with Gasteiger partial charge in [0.1, 0.15) is 0 Å². The van der Waals surface area contributed by atoms with Crippen LogP contribution in [0.15, 0.2) is 0 Å². The molecule has 0 aromatic rings. The number of carbonyl (C=O) groups is 1. The monoisotopic (exact) mass is 197 g/mol. The molecule has 0 aliphatic heterocycles. The molecular weight excluding hydrogens is 185 g/mol. The van der Waals surface area contributed by atoms with Crippen molar-refractivity contribution in [1.82, 2.24) is 5.32 Å². The summed E-state index contributed by atoms with van der Waals surface area (Å²) in [7, 11) is 0. The SMILES string of the molecule is O=C(Cl)NCCCCCCCl. The highest BCUT2D eigenvalue weighted by Gasteiger charge is 1.92. The molecule has 0 radical (unpaired) electrons. The maximum absolute atomic E-state index is 10.2. The average Bonchev–Trinajstić information content (AvgIpc) is 1.96. The summed E-state index contributed by atoms with van der Waals surface area (Å²) in [6.07, 6.45) is 4.26. The smallest absolute Gasteiger partial charge is 0.313 e. The van der Waals surface area contributed by atoms with Gasteiger partial charge in [0.15, 0.2) is 0 Å². The van der Waals surface area contributed by atoms with Crippen molar-refractivity contribution in [3.63, 3.8) is 0 Å². The molecule has 0 heterocycles. The van der Waals surface area contributed by atoms with Crippen molar-refractivity contribution in [3.05, 3.63) is 0 Å². The van der Waals surface area contributed by atoms with Gasteiger partial charge in [-0.05, 0) is 24.4 Å². The minimum Gasteiger partial charge on any atom is -0.343 e. The molecule has 2 nitrogen and oxygen atoms in total. The summed E-state index contributed by atoms with van der Waals surface area (Å²) in [5.74, 6) is 0.724. The van der Waals surface area contributed by atoms with Gasteiger partial charge in [0, 0.05) is 12.4 Å². The maximum Gasteiger partial charge on any atom is 0.313 e. The lowest BCUT2D eigenvalue weighted by molar-refractivity contribution is 0.259. The Labute approximate surface area is 77.2 Å². The summed E-state index contributed by atoms with van der Waals surface area (Å²) >= 11 is 10.5. The lowest BCUT2D eigenvalue weighted by Gasteiger charge is -1.99. The molecule has 11 heavy (non-hydrogen) atoms. The molecule has 0 saturated carbocycles. The Morgan fingerprint density at radius 3 is 2.36 bits per heavy atom. The summed E-state index contributed by atoms with van der Waals surface area (Å²) in [6.45, 7) is 0.671. The molecule has 0 rings (SSSR count). The Hall–Kier alpha value is 0.0500. The van der Waals surface area contributed by atoms with E-state index in [9.17, 15) is 4.79 Å². The predicted octanol–water partition coefficient (Wildman–Crippen LogP) is 2.73. The molecule has 0 bridgehead atoms. The molecule has 1 amide bonds. The number of nitrogens with one attached hydrogen (secondary N) is 1. The van der Waals surface area contributed by atoms with Crippen molar-refractivity contribution in [2.24, 2.45) is 0 Å². The second-order valence-corrected chi connectivity index (χ2v) is 3.02. The van der Waals surface area contributed by atoms with Crippen molar-refractivity contribution < 1.29 is 4.79 Å². The molecule has 0 aromatic carbocycles. The third kappa shape index (κ3) is 10.1. The van der Waals surface area contributed by atoms with Crippen LogP contribution in [0.3, 0.4) is 0 Å². The van der Waals surface area contributed by atoms with Crippen LogP contribution in [0.25, 0.3) is 0 Å². The molecule has 0 atom stereocenters. The number of halogens is 2. The van der Waals surface area contributed by atoms with Gasteiger partial charge >= 0.3 is 5.37 Å². The molecule has 4 heteroatoms. The fourth-order valence-electron chi connectivity index (χ4n) is 0.760. The maximum atomic E-state index is 10.2. The molecule has 0 aliphatic carbocycles. The average molecular weight is 198 g/mol. The molecule has 0 aliphatic rings. The van der Waals surface area contributed by atoms with E-state index in [1.54, 1.807) is 0 Å². The number of hydrogen-bond acceptors (Lipinski definition) is 1.